The number of rotatable bonds is 3. The van der Waals surface area contributed by atoms with E-state index in [-0.39, 0.29) is 11.7 Å². The first kappa shape index (κ1) is 17.3. The van der Waals surface area contributed by atoms with E-state index >= 15 is 0 Å². The first-order valence-electron chi connectivity index (χ1n) is 7.41. The zero-order chi connectivity index (χ0) is 18.1. The lowest BCUT2D eigenvalue weighted by Gasteiger charge is -2.16. The molecule has 2 aromatic rings. The molecule has 0 saturated carbocycles. The van der Waals surface area contributed by atoms with E-state index in [0.29, 0.717) is 32.8 Å². The van der Waals surface area contributed by atoms with Crippen LogP contribution in [-0.2, 0) is 4.79 Å². The van der Waals surface area contributed by atoms with Crippen LogP contribution in [0, 0.1) is 6.92 Å². The Kier molecular flexibility index (Phi) is 4.65. The van der Waals surface area contributed by atoms with Crippen LogP contribution in [0.15, 0.2) is 42.1 Å². The number of methoxy groups -OCH3 is 1. The number of carbonyl (C=O) groups excluding carboxylic acids is 1. The molecule has 0 atom stereocenters. The molecule has 2 aromatic carbocycles. The Bertz CT molecular complexity index is 911. The second-order valence-electron chi connectivity index (χ2n) is 5.49. The highest BCUT2D eigenvalue weighted by Crippen LogP contribution is 2.30. The fraction of sp³-hybridized carbons (Fsp3) is 0.111. The molecule has 1 saturated heterocycles. The average Bonchev–Trinajstić information content (AvgIpc) is 2.82. The van der Waals surface area contributed by atoms with Gasteiger partial charge >= 0.3 is 0 Å². The van der Waals surface area contributed by atoms with Gasteiger partial charge in [-0.1, -0.05) is 17.7 Å². The largest absolute Gasteiger partial charge is 0.504 e. The van der Waals surface area contributed by atoms with Gasteiger partial charge in [-0.2, -0.15) is 0 Å². The quantitative estimate of drug-likeness (QED) is 0.634. The van der Waals surface area contributed by atoms with E-state index in [1.54, 1.807) is 36.4 Å². The number of phenolic OH excluding ortho intramolecular Hbond substituents is 1. The molecule has 0 radical (unpaired) electrons. The molecule has 0 bridgehead atoms. The minimum Gasteiger partial charge on any atom is -0.504 e. The molecule has 1 amide bonds. The molecular weight excluding hydrogens is 360 g/mol. The molecule has 2 N–H and O–H groups in total. The Labute approximate surface area is 155 Å². The van der Waals surface area contributed by atoms with Crippen LogP contribution in [0.2, 0.25) is 5.02 Å². The predicted octanol–water partition coefficient (Wildman–Crippen LogP) is 3.62. The maximum atomic E-state index is 12.8. The number of hydrogen-bond donors (Lipinski definition) is 2. The van der Waals surface area contributed by atoms with Crippen molar-refractivity contribution in [2.24, 2.45) is 0 Å². The molecule has 1 heterocycles. The second-order valence-corrected chi connectivity index (χ2v) is 6.31. The highest BCUT2D eigenvalue weighted by Gasteiger charge is 2.32. The molecule has 1 aliphatic heterocycles. The third kappa shape index (κ3) is 3.31. The van der Waals surface area contributed by atoms with Crippen molar-refractivity contribution < 1.29 is 14.6 Å². The van der Waals surface area contributed by atoms with Crippen LogP contribution in [-0.4, -0.2) is 23.2 Å². The maximum Gasteiger partial charge on any atom is 0.281 e. The minimum absolute atomic E-state index is 0.00438. The first-order chi connectivity index (χ1) is 11.9. The van der Waals surface area contributed by atoms with Crippen molar-refractivity contribution in [3.05, 3.63) is 58.2 Å². The van der Waals surface area contributed by atoms with Crippen molar-refractivity contribution in [3.8, 4) is 11.5 Å². The van der Waals surface area contributed by atoms with Gasteiger partial charge in [-0.05, 0) is 66.7 Å². The van der Waals surface area contributed by atoms with Gasteiger partial charge in [0.2, 0.25) is 0 Å². The van der Waals surface area contributed by atoms with Crippen molar-refractivity contribution in [1.82, 2.24) is 5.32 Å². The monoisotopic (exact) mass is 374 g/mol. The second kappa shape index (κ2) is 6.74. The summed E-state index contributed by atoms with van der Waals surface area (Å²) in [5.74, 6) is 0.0859. The van der Waals surface area contributed by atoms with E-state index in [2.05, 4.69) is 5.32 Å². The molecule has 0 aromatic heterocycles. The van der Waals surface area contributed by atoms with E-state index in [0.717, 1.165) is 5.56 Å². The molecule has 3 rings (SSSR count). The minimum atomic E-state index is -0.272. The fourth-order valence-corrected chi connectivity index (χ4v) is 3.10. The number of hydrogen-bond acceptors (Lipinski definition) is 4. The van der Waals surface area contributed by atoms with Gasteiger partial charge in [-0.25, -0.2) is 0 Å². The lowest BCUT2D eigenvalue weighted by Crippen LogP contribution is -2.30. The number of nitrogens with zero attached hydrogens (tertiary/aromatic N) is 1. The molecule has 25 heavy (non-hydrogen) atoms. The maximum absolute atomic E-state index is 12.8. The van der Waals surface area contributed by atoms with E-state index in [1.165, 1.54) is 18.1 Å². The van der Waals surface area contributed by atoms with Gasteiger partial charge in [-0.3, -0.25) is 9.69 Å². The number of benzene rings is 2. The summed E-state index contributed by atoms with van der Waals surface area (Å²) in [4.78, 5) is 14.2. The van der Waals surface area contributed by atoms with E-state index in [9.17, 15) is 9.90 Å². The summed E-state index contributed by atoms with van der Waals surface area (Å²) in [6.45, 7) is 1.86. The molecular formula is C18H15ClN2O3S. The van der Waals surface area contributed by atoms with Gasteiger partial charge in [0.05, 0.1) is 12.8 Å². The van der Waals surface area contributed by atoms with Crippen LogP contribution in [0.25, 0.3) is 6.08 Å². The normalized spacial score (nSPS) is 15.6. The van der Waals surface area contributed by atoms with Crippen molar-refractivity contribution >= 4 is 46.6 Å². The zero-order valence-electron chi connectivity index (χ0n) is 13.5. The van der Waals surface area contributed by atoms with Crippen LogP contribution in [0.3, 0.4) is 0 Å². The first-order valence-corrected chi connectivity index (χ1v) is 8.19. The summed E-state index contributed by atoms with van der Waals surface area (Å²) >= 11 is 11.3. The summed E-state index contributed by atoms with van der Waals surface area (Å²) in [5.41, 5.74) is 2.48. The van der Waals surface area contributed by atoms with Crippen LogP contribution in [0.5, 0.6) is 11.5 Å². The Morgan fingerprint density at radius 3 is 2.68 bits per heavy atom. The van der Waals surface area contributed by atoms with Gasteiger partial charge in [0, 0.05) is 5.02 Å². The summed E-state index contributed by atoms with van der Waals surface area (Å²) in [6.07, 6.45) is 1.62. The molecule has 0 aliphatic carbocycles. The van der Waals surface area contributed by atoms with Crippen molar-refractivity contribution in [2.45, 2.75) is 6.92 Å². The topological polar surface area (TPSA) is 61.8 Å². The number of thiocarbonyl (C=S) groups is 1. The molecule has 7 heteroatoms. The Morgan fingerprint density at radius 2 is 2.04 bits per heavy atom. The smallest absolute Gasteiger partial charge is 0.281 e. The van der Waals surface area contributed by atoms with Gasteiger partial charge < -0.3 is 15.2 Å². The van der Waals surface area contributed by atoms with Crippen molar-refractivity contribution in [2.75, 3.05) is 12.0 Å². The predicted molar refractivity (Wildman–Crippen MR) is 102 cm³/mol. The number of phenols is 1. The molecule has 1 aliphatic rings. The number of amides is 1. The van der Waals surface area contributed by atoms with E-state index in [4.69, 9.17) is 28.6 Å². The van der Waals surface area contributed by atoms with Crippen LogP contribution in [0.4, 0.5) is 5.69 Å². The van der Waals surface area contributed by atoms with Crippen LogP contribution >= 0.6 is 23.8 Å². The summed E-state index contributed by atoms with van der Waals surface area (Å²) in [6, 6.07) is 10.1. The molecule has 5 nitrogen and oxygen atoms in total. The number of anilines is 1. The number of carbonyl (C=O) groups is 1. The number of nitrogens with one attached hydrogen (secondary N) is 1. The number of halogens is 1. The van der Waals surface area contributed by atoms with Crippen molar-refractivity contribution in [1.29, 1.82) is 0 Å². The Balaban J connectivity index is 1.94. The van der Waals surface area contributed by atoms with E-state index in [1.807, 2.05) is 6.92 Å². The Morgan fingerprint density at radius 1 is 1.28 bits per heavy atom. The third-order valence-corrected chi connectivity index (χ3v) is 4.31. The third-order valence-electron chi connectivity index (χ3n) is 3.79. The van der Waals surface area contributed by atoms with E-state index < -0.39 is 0 Å². The number of ether oxygens (including phenoxy) is 1. The SMILES string of the molecule is COc1ccc(/C=C2/NC(=S)N(c3ccc(Cl)cc3C)C2=O)cc1O. The fourth-order valence-electron chi connectivity index (χ4n) is 2.59. The lowest BCUT2D eigenvalue weighted by atomic mass is 10.1. The van der Waals surface area contributed by atoms with Gasteiger partial charge in [0.1, 0.15) is 5.70 Å². The standard InChI is InChI=1S/C18H15ClN2O3S/c1-10-7-12(19)4-5-14(10)21-17(23)13(20-18(21)25)8-11-3-6-16(24-2)15(22)9-11/h3-9,22H,1-2H3,(H,20,25)/b13-8+. The molecule has 1 fully saturated rings. The summed E-state index contributed by atoms with van der Waals surface area (Å²) in [5, 5.41) is 13.7. The Hall–Kier alpha value is -2.57. The van der Waals surface area contributed by atoms with Crippen LogP contribution in [0.1, 0.15) is 11.1 Å². The van der Waals surface area contributed by atoms with Gasteiger partial charge in [0.15, 0.2) is 16.6 Å². The highest BCUT2D eigenvalue weighted by molar-refractivity contribution is 7.80. The van der Waals surface area contributed by atoms with Crippen LogP contribution < -0.4 is 15.0 Å². The van der Waals surface area contributed by atoms with Gasteiger partial charge in [-0.15, -0.1) is 0 Å². The number of aromatic hydroxyl groups is 1. The summed E-state index contributed by atoms with van der Waals surface area (Å²) in [7, 11) is 1.47. The summed E-state index contributed by atoms with van der Waals surface area (Å²) < 4.78 is 5.01. The van der Waals surface area contributed by atoms with Gasteiger partial charge in [0.25, 0.3) is 5.91 Å². The molecule has 128 valence electrons. The molecule has 0 spiro atoms. The van der Waals surface area contributed by atoms with Crippen molar-refractivity contribution in [3.63, 3.8) is 0 Å². The highest BCUT2D eigenvalue weighted by atomic mass is 35.5. The average molecular weight is 375 g/mol. The number of aryl methyl sites for hydroxylation is 1. The lowest BCUT2D eigenvalue weighted by molar-refractivity contribution is -0.113. The molecule has 0 unspecified atom stereocenters. The zero-order valence-corrected chi connectivity index (χ0v) is 15.1.